The molecule has 0 bridgehead atoms. The molecule has 6 heteroatoms. The van der Waals surface area contributed by atoms with Crippen LogP contribution in [0.3, 0.4) is 0 Å². The van der Waals surface area contributed by atoms with Crippen LogP contribution < -0.4 is 10.1 Å². The molecular weight excluding hydrogens is 330 g/mol. The number of rotatable bonds is 2. The van der Waals surface area contributed by atoms with Crippen molar-refractivity contribution in [2.75, 3.05) is 32.8 Å². The van der Waals surface area contributed by atoms with Gasteiger partial charge in [-0.1, -0.05) is 12.8 Å². The van der Waals surface area contributed by atoms with Gasteiger partial charge in [-0.2, -0.15) is 0 Å². The highest BCUT2D eigenvalue weighted by Gasteiger charge is 2.27. The van der Waals surface area contributed by atoms with Gasteiger partial charge in [0.15, 0.2) is 0 Å². The minimum absolute atomic E-state index is 0.0231. The fourth-order valence-corrected chi connectivity index (χ4v) is 4.12. The summed E-state index contributed by atoms with van der Waals surface area (Å²) in [7, 11) is 0. The molecule has 1 aromatic rings. The number of fused-ring (bicyclic) bond motifs is 1. The molecule has 4 rings (SSSR count). The quantitative estimate of drug-likeness (QED) is 0.884. The summed E-state index contributed by atoms with van der Waals surface area (Å²) >= 11 is 0. The van der Waals surface area contributed by atoms with Gasteiger partial charge in [-0.25, -0.2) is 4.79 Å². The Hall–Kier alpha value is -2.24. The number of amides is 3. The van der Waals surface area contributed by atoms with Gasteiger partial charge in [0.25, 0.3) is 5.91 Å². The maximum atomic E-state index is 12.8. The zero-order valence-electron chi connectivity index (χ0n) is 15.2. The van der Waals surface area contributed by atoms with Gasteiger partial charge in [-0.3, -0.25) is 4.79 Å². The van der Waals surface area contributed by atoms with E-state index in [1.807, 2.05) is 28.0 Å². The molecule has 3 aliphatic rings. The zero-order chi connectivity index (χ0) is 17.9. The van der Waals surface area contributed by atoms with Gasteiger partial charge in [0.1, 0.15) is 5.75 Å². The van der Waals surface area contributed by atoms with Crippen molar-refractivity contribution in [3.8, 4) is 5.75 Å². The third kappa shape index (κ3) is 3.64. The van der Waals surface area contributed by atoms with Crippen molar-refractivity contribution in [1.29, 1.82) is 0 Å². The minimum atomic E-state index is 0.0231. The number of nitrogens with one attached hydrogen (secondary N) is 1. The normalized spacial score (nSPS) is 20.5. The molecule has 1 N–H and O–H groups in total. The molecule has 6 nitrogen and oxygen atoms in total. The molecule has 0 spiro atoms. The summed E-state index contributed by atoms with van der Waals surface area (Å²) in [5.41, 5.74) is 1.84. The van der Waals surface area contributed by atoms with Crippen LogP contribution in [0.2, 0.25) is 0 Å². The third-order valence-electron chi connectivity index (χ3n) is 5.69. The first kappa shape index (κ1) is 17.2. The summed E-state index contributed by atoms with van der Waals surface area (Å²) in [6.07, 6.45) is 6.56. The first-order valence-electron chi connectivity index (χ1n) is 9.81. The second-order valence-corrected chi connectivity index (χ2v) is 7.48. The summed E-state index contributed by atoms with van der Waals surface area (Å²) in [5.74, 6) is 0.954. The number of nitrogens with zero attached hydrogens (tertiary/aromatic N) is 2. The van der Waals surface area contributed by atoms with E-state index in [2.05, 4.69) is 5.32 Å². The summed E-state index contributed by atoms with van der Waals surface area (Å²) in [6, 6.07) is 6.09. The minimum Gasteiger partial charge on any atom is -0.493 e. The molecule has 1 saturated heterocycles. The molecule has 140 valence electrons. The second kappa shape index (κ2) is 7.56. The van der Waals surface area contributed by atoms with Crippen molar-refractivity contribution in [2.24, 2.45) is 0 Å². The number of hydrogen-bond acceptors (Lipinski definition) is 3. The molecule has 1 aromatic carbocycles. The average molecular weight is 357 g/mol. The highest BCUT2D eigenvalue weighted by atomic mass is 16.5. The number of benzene rings is 1. The largest absolute Gasteiger partial charge is 0.493 e. The van der Waals surface area contributed by atoms with E-state index in [1.165, 1.54) is 12.8 Å². The van der Waals surface area contributed by atoms with Crippen LogP contribution in [-0.4, -0.2) is 60.6 Å². The fourth-order valence-electron chi connectivity index (χ4n) is 4.12. The van der Waals surface area contributed by atoms with E-state index in [-0.39, 0.29) is 11.9 Å². The van der Waals surface area contributed by atoms with Gasteiger partial charge >= 0.3 is 6.03 Å². The topological polar surface area (TPSA) is 61.9 Å². The highest BCUT2D eigenvalue weighted by Crippen LogP contribution is 2.26. The highest BCUT2D eigenvalue weighted by molar-refractivity contribution is 5.94. The smallest absolute Gasteiger partial charge is 0.317 e. The van der Waals surface area contributed by atoms with Crippen LogP contribution in [0.5, 0.6) is 5.75 Å². The van der Waals surface area contributed by atoms with Gasteiger partial charge in [0, 0.05) is 37.8 Å². The Labute approximate surface area is 154 Å². The molecule has 2 heterocycles. The fraction of sp³-hybridized carbons (Fsp3) is 0.600. The number of carbonyl (C=O) groups is 2. The van der Waals surface area contributed by atoms with E-state index in [1.54, 1.807) is 0 Å². The van der Waals surface area contributed by atoms with E-state index >= 15 is 0 Å². The molecule has 0 aromatic heterocycles. The second-order valence-electron chi connectivity index (χ2n) is 7.48. The lowest BCUT2D eigenvalue weighted by Crippen LogP contribution is -2.54. The van der Waals surface area contributed by atoms with Gasteiger partial charge in [0.05, 0.1) is 6.61 Å². The van der Waals surface area contributed by atoms with Gasteiger partial charge < -0.3 is 19.9 Å². The number of urea groups is 1. The first-order chi connectivity index (χ1) is 12.7. The lowest BCUT2D eigenvalue weighted by Gasteiger charge is -2.35. The lowest BCUT2D eigenvalue weighted by atomic mass is 10.0. The van der Waals surface area contributed by atoms with Crippen molar-refractivity contribution >= 4 is 11.9 Å². The Kier molecular flexibility index (Phi) is 5.00. The van der Waals surface area contributed by atoms with Crippen LogP contribution in [0.1, 0.15) is 48.0 Å². The van der Waals surface area contributed by atoms with Crippen LogP contribution in [0.4, 0.5) is 4.79 Å². The van der Waals surface area contributed by atoms with E-state index in [0.29, 0.717) is 32.2 Å². The van der Waals surface area contributed by atoms with E-state index in [0.717, 1.165) is 49.2 Å². The van der Waals surface area contributed by atoms with Crippen LogP contribution in [-0.2, 0) is 6.42 Å². The SMILES string of the molecule is O=C(NC1CCCC1)N1CCN(C(=O)c2ccc3c(c2)CCCO3)CC1. The van der Waals surface area contributed by atoms with Gasteiger partial charge in [-0.15, -0.1) is 0 Å². The average Bonchev–Trinajstić information content (AvgIpc) is 3.20. The predicted octanol–water partition coefficient (Wildman–Crippen LogP) is 2.42. The summed E-state index contributed by atoms with van der Waals surface area (Å²) < 4.78 is 5.62. The van der Waals surface area contributed by atoms with E-state index in [9.17, 15) is 9.59 Å². The summed E-state index contributed by atoms with van der Waals surface area (Å²) in [4.78, 5) is 28.9. The Morgan fingerprint density at radius 2 is 1.73 bits per heavy atom. The molecular formula is C20H27N3O3. The summed E-state index contributed by atoms with van der Waals surface area (Å²) in [6.45, 7) is 3.12. The molecule has 0 radical (unpaired) electrons. The molecule has 1 aliphatic carbocycles. The number of hydrogen-bond donors (Lipinski definition) is 1. The van der Waals surface area contributed by atoms with E-state index in [4.69, 9.17) is 4.74 Å². The van der Waals surface area contributed by atoms with Gasteiger partial charge in [0.2, 0.25) is 0 Å². The summed E-state index contributed by atoms with van der Waals surface area (Å²) in [5, 5.41) is 3.13. The number of piperazine rings is 1. The van der Waals surface area contributed by atoms with E-state index < -0.39 is 0 Å². The predicted molar refractivity (Wildman–Crippen MR) is 98.5 cm³/mol. The Bertz CT molecular complexity index is 677. The third-order valence-corrected chi connectivity index (χ3v) is 5.69. The van der Waals surface area contributed by atoms with Crippen molar-refractivity contribution in [1.82, 2.24) is 15.1 Å². The molecule has 1 saturated carbocycles. The van der Waals surface area contributed by atoms with Crippen molar-refractivity contribution < 1.29 is 14.3 Å². The van der Waals surface area contributed by atoms with Crippen LogP contribution in [0.15, 0.2) is 18.2 Å². The molecule has 0 atom stereocenters. The molecule has 3 amide bonds. The zero-order valence-corrected chi connectivity index (χ0v) is 15.2. The van der Waals surface area contributed by atoms with Crippen LogP contribution in [0, 0.1) is 0 Å². The maximum absolute atomic E-state index is 12.8. The maximum Gasteiger partial charge on any atom is 0.317 e. The monoisotopic (exact) mass is 357 g/mol. The first-order valence-corrected chi connectivity index (χ1v) is 9.81. The Morgan fingerprint density at radius 3 is 2.50 bits per heavy atom. The van der Waals surface area contributed by atoms with Crippen LogP contribution in [0.25, 0.3) is 0 Å². The number of ether oxygens (including phenoxy) is 1. The van der Waals surface area contributed by atoms with Crippen molar-refractivity contribution in [2.45, 2.75) is 44.6 Å². The van der Waals surface area contributed by atoms with Crippen molar-refractivity contribution in [3.05, 3.63) is 29.3 Å². The standard InChI is InChI=1S/C20H27N3O3/c24-19(16-7-8-18-15(14-16)4-3-13-26-18)22-9-11-23(12-10-22)20(25)21-17-5-1-2-6-17/h7-8,14,17H,1-6,9-13H2,(H,21,25). The number of aryl methyl sites for hydroxylation is 1. The van der Waals surface area contributed by atoms with Crippen LogP contribution >= 0.6 is 0 Å². The van der Waals surface area contributed by atoms with Gasteiger partial charge in [-0.05, 0) is 49.4 Å². The molecule has 2 aliphatic heterocycles. The Morgan fingerprint density at radius 1 is 1.00 bits per heavy atom. The Balaban J connectivity index is 1.32. The molecule has 26 heavy (non-hydrogen) atoms. The molecule has 2 fully saturated rings. The van der Waals surface area contributed by atoms with Crippen molar-refractivity contribution in [3.63, 3.8) is 0 Å². The molecule has 0 unspecified atom stereocenters. The lowest BCUT2D eigenvalue weighted by molar-refractivity contribution is 0.0663. The number of carbonyl (C=O) groups excluding carboxylic acids is 2.